The second-order valence-electron chi connectivity index (χ2n) is 6.21. The first-order chi connectivity index (χ1) is 12.4. The average Bonchev–Trinajstić information content (AvgIpc) is 2.57. The maximum Gasteiger partial charge on any atom is 0.344 e. The zero-order valence-corrected chi connectivity index (χ0v) is 14.6. The Hall–Kier alpha value is -2.76. The first-order valence-electron chi connectivity index (χ1n) is 8.31. The average molecular weight is 362 g/mol. The fourth-order valence-electron chi connectivity index (χ4n) is 2.32. The third-order valence-electron chi connectivity index (χ3n) is 3.57. The van der Waals surface area contributed by atoms with Gasteiger partial charge in [-0.05, 0) is 30.9 Å². The molecule has 0 N–H and O–H groups in total. The summed E-state index contributed by atoms with van der Waals surface area (Å²) in [4.78, 5) is 24.5. The Morgan fingerprint density at radius 3 is 2.12 bits per heavy atom. The van der Waals surface area contributed by atoms with E-state index in [1.165, 1.54) is 12.1 Å². The quantitative estimate of drug-likeness (QED) is 0.404. The zero-order chi connectivity index (χ0) is 19.1. The van der Waals surface area contributed by atoms with Crippen molar-refractivity contribution >= 4 is 11.9 Å². The van der Waals surface area contributed by atoms with Crippen LogP contribution in [0.5, 0.6) is 5.75 Å². The molecule has 0 fully saturated rings. The van der Waals surface area contributed by atoms with Crippen molar-refractivity contribution in [2.24, 2.45) is 5.92 Å². The number of carbonyl (C=O) groups excluding carboxylic acids is 2. The molecule has 138 valence electrons. The highest BCUT2D eigenvalue weighted by Crippen LogP contribution is 2.19. The molecule has 0 spiro atoms. The Morgan fingerprint density at radius 1 is 0.962 bits per heavy atom. The summed E-state index contributed by atoms with van der Waals surface area (Å²) < 4.78 is 36.6. The molecule has 0 unspecified atom stereocenters. The zero-order valence-electron chi connectivity index (χ0n) is 14.6. The van der Waals surface area contributed by atoms with E-state index in [2.05, 4.69) is 13.8 Å². The van der Waals surface area contributed by atoms with E-state index in [1.807, 2.05) is 0 Å². The molecule has 0 aliphatic carbocycles. The van der Waals surface area contributed by atoms with E-state index in [0.29, 0.717) is 12.0 Å². The van der Waals surface area contributed by atoms with E-state index >= 15 is 0 Å². The van der Waals surface area contributed by atoms with Crippen LogP contribution in [0.4, 0.5) is 8.78 Å². The van der Waals surface area contributed by atoms with Crippen molar-refractivity contribution in [1.82, 2.24) is 0 Å². The van der Waals surface area contributed by atoms with E-state index in [9.17, 15) is 18.4 Å². The van der Waals surface area contributed by atoms with Crippen LogP contribution in [0.2, 0.25) is 0 Å². The van der Waals surface area contributed by atoms with Crippen molar-refractivity contribution in [3.05, 3.63) is 65.2 Å². The number of hydrogen-bond donors (Lipinski definition) is 0. The molecule has 0 aromatic heterocycles. The fourth-order valence-corrected chi connectivity index (χ4v) is 2.32. The van der Waals surface area contributed by atoms with Crippen molar-refractivity contribution in [3.8, 4) is 5.75 Å². The Bertz CT molecular complexity index is 767. The first kappa shape index (κ1) is 19.6. The molecule has 4 nitrogen and oxygen atoms in total. The highest BCUT2D eigenvalue weighted by atomic mass is 19.1. The summed E-state index contributed by atoms with van der Waals surface area (Å²) in [5.41, 5.74) is 0.00458. The molecule has 0 atom stereocenters. The van der Waals surface area contributed by atoms with Crippen LogP contribution in [0.3, 0.4) is 0 Å². The minimum absolute atomic E-state index is 0.0361. The maximum absolute atomic E-state index is 13.2. The van der Waals surface area contributed by atoms with Crippen LogP contribution in [0.1, 0.15) is 47.4 Å². The van der Waals surface area contributed by atoms with E-state index in [0.717, 1.165) is 25.0 Å². The van der Waals surface area contributed by atoms with Gasteiger partial charge in [0.2, 0.25) is 0 Å². The molecule has 2 rings (SSSR count). The summed E-state index contributed by atoms with van der Waals surface area (Å²) in [7, 11) is 0. The Balaban J connectivity index is 2.09. The van der Waals surface area contributed by atoms with E-state index in [1.54, 1.807) is 12.1 Å². The van der Waals surface area contributed by atoms with Crippen LogP contribution in [0.25, 0.3) is 0 Å². The van der Waals surface area contributed by atoms with Crippen molar-refractivity contribution < 1.29 is 27.8 Å². The van der Waals surface area contributed by atoms with E-state index in [-0.39, 0.29) is 23.5 Å². The minimum Gasteiger partial charge on any atom is -0.462 e. The summed E-state index contributed by atoms with van der Waals surface area (Å²) in [6.07, 6.45) is 1.64. The van der Waals surface area contributed by atoms with E-state index < -0.39 is 23.6 Å². The second-order valence-corrected chi connectivity index (χ2v) is 6.21. The van der Waals surface area contributed by atoms with Gasteiger partial charge in [0.15, 0.2) is 0 Å². The van der Waals surface area contributed by atoms with Crippen molar-refractivity contribution in [2.45, 2.75) is 26.7 Å². The van der Waals surface area contributed by atoms with Gasteiger partial charge in [-0.15, -0.1) is 0 Å². The molecule has 0 amide bonds. The lowest BCUT2D eigenvalue weighted by atomic mass is 10.1. The Morgan fingerprint density at radius 2 is 1.54 bits per heavy atom. The molecule has 2 aromatic rings. The standard InChI is InChI=1S/C20H20F2O4/c1-13(2)6-5-9-25-19(23)17-7-3-4-8-18(17)20(24)26-16-11-14(21)10-15(22)12-16/h3-4,7-8,10-13H,5-6,9H2,1-2H3. The molecule has 0 saturated heterocycles. The van der Waals surface area contributed by atoms with Crippen LogP contribution in [-0.2, 0) is 4.74 Å². The van der Waals surface area contributed by atoms with Crippen LogP contribution in [0, 0.1) is 17.6 Å². The molecule has 0 aliphatic heterocycles. The number of ether oxygens (including phenoxy) is 2. The summed E-state index contributed by atoms with van der Waals surface area (Å²) in [6, 6.07) is 8.40. The molecule has 0 radical (unpaired) electrons. The Kier molecular flexibility index (Phi) is 6.83. The van der Waals surface area contributed by atoms with Crippen LogP contribution >= 0.6 is 0 Å². The van der Waals surface area contributed by atoms with Crippen molar-refractivity contribution in [1.29, 1.82) is 0 Å². The van der Waals surface area contributed by atoms with Crippen molar-refractivity contribution in [2.75, 3.05) is 6.61 Å². The SMILES string of the molecule is CC(C)CCCOC(=O)c1ccccc1C(=O)Oc1cc(F)cc(F)c1. The molecule has 0 saturated carbocycles. The van der Waals surface area contributed by atoms with Gasteiger partial charge in [0.25, 0.3) is 0 Å². The number of esters is 2. The fraction of sp³-hybridized carbons (Fsp3) is 0.300. The highest BCUT2D eigenvalue weighted by Gasteiger charge is 2.20. The lowest BCUT2D eigenvalue weighted by Gasteiger charge is -2.10. The number of carbonyl (C=O) groups is 2. The van der Waals surface area contributed by atoms with Gasteiger partial charge in [0.05, 0.1) is 17.7 Å². The summed E-state index contributed by atoms with van der Waals surface area (Å²) in [5, 5.41) is 0. The molecular weight excluding hydrogens is 342 g/mol. The normalized spacial score (nSPS) is 10.7. The molecule has 0 aliphatic rings. The van der Waals surface area contributed by atoms with Crippen molar-refractivity contribution in [3.63, 3.8) is 0 Å². The Labute approximate surface area is 150 Å². The third-order valence-corrected chi connectivity index (χ3v) is 3.57. The highest BCUT2D eigenvalue weighted by molar-refractivity contribution is 6.03. The second kappa shape index (κ2) is 9.08. The van der Waals surface area contributed by atoms with Crippen LogP contribution < -0.4 is 4.74 Å². The predicted octanol–water partition coefficient (Wildman–Crippen LogP) is 4.78. The largest absolute Gasteiger partial charge is 0.462 e. The third kappa shape index (κ3) is 5.65. The van der Waals surface area contributed by atoms with Gasteiger partial charge >= 0.3 is 11.9 Å². The van der Waals surface area contributed by atoms with Gasteiger partial charge in [-0.2, -0.15) is 0 Å². The maximum atomic E-state index is 13.2. The molecule has 26 heavy (non-hydrogen) atoms. The lowest BCUT2D eigenvalue weighted by molar-refractivity contribution is 0.0486. The molecule has 2 aromatic carbocycles. The molecular formula is C20H20F2O4. The molecule has 0 heterocycles. The van der Waals surface area contributed by atoms with Gasteiger partial charge in [0, 0.05) is 18.2 Å². The molecule has 6 heteroatoms. The van der Waals surface area contributed by atoms with Gasteiger partial charge in [-0.25, -0.2) is 18.4 Å². The van der Waals surface area contributed by atoms with Gasteiger partial charge in [-0.3, -0.25) is 0 Å². The smallest absolute Gasteiger partial charge is 0.344 e. The predicted molar refractivity (Wildman–Crippen MR) is 92.1 cm³/mol. The van der Waals surface area contributed by atoms with Crippen LogP contribution in [0.15, 0.2) is 42.5 Å². The van der Waals surface area contributed by atoms with E-state index in [4.69, 9.17) is 9.47 Å². The van der Waals surface area contributed by atoms with Gasteiger partial charge in [0.1, 0.15) is 17.4 Å². The summed E-state index contributed by atoms with van der Waals surface area (Å²) in [5.74, 6) is -3.07. The number of halogens is 2. The monoisotopic (exact) mass is 362 g/mol. The first-order valence-corrected chi connectivity index (χ1v) is 8.31. The number of rotatable bonds is 7. The van der Waals surface area contributed by atoms with Crippen LogP contribution in [-0.4, -0.2) is 18.5 Å². The lowest BCUT2D eigenvalue weighted by Crippen LogP contribution is -2.16. The summed E-state index contributed by atoms with van der Waals surface area (Å²) in [6.45, 7) is 4.39. The molecule has 0 bridgehead atoms. The minimum atomic E-state index is -0.898. The number of hydrogen-bond acceptors (Lipinski definition) is 4. The topological polar surface area (TPSA) is 52.6 Å². The number of benzene rings is 2. The summed E-state index contributed by atoms with van der Waals surface area (Å²) >= 11 is 0. The van der Waals surface area contributed by atoms with Gasteiger partial charge < -0.3 is 9.47 Å². The van der Waals surface area contributed by atoms with Gasteiger partial charge in [-0.1, -0.05) is 26.0 Å².